The van der Waals surface area contributed by atoms with Crippen molar-refractivity contribution in [1.82, 2.24) is 0 Å². The van der Waals surface area contributed by atoms with Crippen LogP contribution < -0.4 is 4.57 Å². The van der Waals surface area contributed by atoms with Gasteiger partial charge in [-0.25, -0.2) is 0 Å². The fraction of sp³-hybridized carbons (Fsp3) is 0.312. The molecule has 0 atom stereocenters. The lowest BCUT2D eigenvalue weighted by atomic mass is 9.87. The number of nitrogens with zero attached hydrogens (tertiary/aromatic N) is 1. The van der Waals surface area contributed by atoms with Gasteiger partial charge >= 0.3 is 6.18 Å². The fourth-order valence-electron chi connectivity index (χ4n) is 5.50. The van der Waals surface area contributed by atoms with Gasteiger partial charge in [-0.1, -0.05) is 62.7 Å². The SMILES string of the molecule is Cc1cc(C)c(C)c(-c2c3sc4c5ccc(CC(C)(C)C)cc5ccc4c3c(C(=O)C(F)(F)F)c[n+]2C)c1. The molecule has 3 aromatic carbocycles. The van der Waals surface area contributed by atoms with E-state index in [9.17, 15) is 18.0 Å². The second kappa shape index (κ2) is 8.91. The van der Waals surface area contributed by atoms with Crippen molar-refractivity contribution in [1.29, 1.82) is 0 Å². The Bertz CT molecular complexity index is 1770. The molecule has 6 heteroatoms. The number of benzene rings is 3. The summed E-state index contributed by atoms with van der Waals surface area (Å²) in [7, 11) is 1.72. The summed E-state index contributed by atoms with van der Waals surface area (Å²) in [6, 6.07) is 14.4. The summed E-state index contributed by atoms with van der Waals surface area (Å²) in [4.78, 5) is 12.7. The number of alkyl halides is 3. The van der Waals surface area contributed by atoms with Crippen LogP contribution in [0.4, 0.5) is 13.2 Å². The molecule has 5 aromatic rings. The van der Waals surface area contributed by atoms with E-state index in [1.54, 1.807) is 11.6 Å². The van der Waals surface area contributed by atoms with Crippen LogP contribution in [0.25, 0.3) is 42.2 Å². The van der Waals surface area contributed by atoms with E-state index in [1.807, 2.05) is 32.9 Å². The Morgan fingerprint density at radius 1 is 0.921 bits per heavy atom. The number of ketones is 1. The zero-order valence-corrected chi connectivity index (χ0v) is 23.5. The highest BCUT2D eigenvalue weighted by molar-refractivity contribution is 7.27. The average Bonchev–Trinajstić information content (AvgIpc) is 3.18. The molecule has 2 nitrogen and oxygen atoms in total. The normalized spacial score (nSPS) is 12.7. The summed E-state index contributed by atoms with van der Waals surface area (Å²) in [5.41, 5.74) is 6.08. The summed E-state index contributed by atoms with van der Waals surface area (Å²) < 4.78 is 44.6. The highest BCUT2D eigenvalue weighted by Crippen LogP contribution is 2.45. The number of halogens is 3. The van der Waals surface area contributed by atoms with E-state index < -0.39 is 12.0 Å². The van der Waals surface area contributed by atoms with Gasteiger partial charge in [0.25, 0.3) is 5.78 Å². The van der Waals surface area contributed by atoms with Gasteiger partial charge in [0, 0.05) is 15.5 Å². The largest absolute Gasteiger partial charge is 0.455 e. The smallest absolute Gasteiger partial charge is 0.284 e. The molecule has 0 aliphatic rings. The van der Waals surface area contributed by atoms with Crippen LogP contribution in [0.2, 0.25) is 0 Å². The molecule has 0 bridgehead atoms. The first-order valence-electron chi connectivity index (χ1n) is 12.7. The lowest BCUT2D eigenvalue weighted by Gasteiger charge is -2.18. The average molecular weight is 535 g/mol. The van der Waals surface area contributed by atoms with Crippen LogP contribution in [0.3, 0.4) is 0 Å². The number of rotatable bonds is 3. The van der Waals surface area contributed by atoms with Crippen LogP contribution >= 0.6 is 11.3 Å². The molecule has 196 valence electrons. The Kier molecular flexibility index (Phi) is 6.18. The minimum atomic E-state index is -4.97. The molecule has 0 aliphatic heterocycles. The third-order valence-electron chi connectivity index (χ3n) is 7.20. The van der Waals surface area contributed by atoms with Crippen LogP contribution in [-0.4, -0.2) is 12.0 Å². The van der Waals surface area contributed by atoms with Gasteiger partial charge < -0.3 is 0 Å². The third-order valence-corrected chi connectivity index (χ3v) is 8.44. The maximum Gasteiger partial charge on any atom is 0.455 e. The number of hydrogen-bond donors (Lipinski definition) is 0. The summed E-state index contributed by atoms with van der Waals surface area (Å²) in [5, 5.41) is 3.08. The number of thiophene rings is 1. The first kappa shape index (κ1) is 26.4. The zero-order valence-electron chi connectivity index (χ0n) is 22.7. The van der Waals surface area contributed by atoms with E-state index in [2.05, 4.69) is 51.1 Å². The number of fused-ring (bicyclic) bond motifs is 5. The summed E-state index contributed by atoms with van der Waals surface area (Å²) in [6.07, 6.45) is -2.69. The second-order valence-electron chi connectivity index (χ2n) is 11.6. The Morgan fingerprint density at radius 2 is 1.61 bits per heavy atom. The van der Waals surface area contributed by atoms with Crippen LogP contribution in [0.15, 0.2) is 48.7 Å². The first-order valence-corrected chi connectivity index (χ1v) is 13.5. The van der Waals surface area contributed by atoms with Gasteiger partial charge in [0.2, 0.25) is 5.69 Å². The van der Waals surface area contributed by atoms with Gasteiger partial charge in [-0.15, -0.1) is 11.3 Å². The topological polar surface area (TPSA) is 20.9 Å². The molecule has 0 radical (unpaired) electrons. The molecule has 2 aromatic heterocycles. The molecule has 2 heterocycles. The Balaban J connectivity index is 1.91. The number of Topliss-reactive ketones (excluding diaryl/α,β-unsaturated/α-hetero) is 1. The van der Waals surface area contributed by atoms with Crippen molar-refractivity contribution in [3.63, 3.8) is 0 Å². The Labute approximate surface area is 224 Å². The quantitative estimate of drug-likeness (QED) is 0.167. The van der Waals surface area contributed by atoms with Crippen LogP contribution in [0.5, 0.6) is 0 Å². The fourth-order valence-corrected chi connectivity index (χ4v) is 6.95. The van der Waals surface area contributed by atoms with E-state index in [1.165, 1.54) is 23.1 Å². The van der Waals surface area contributed by atoms with Gasteiger partial charge in [-0.05, 0) is 66.1 Å². The maximum atomic E-state index is 13.8. The van der Waals surface area contributed by atoms with Crippen LogP contribution in [0.1, 0.15) is 53.4 Å². The summed E-state index contributed by atoms with van der Waals surface area (Å²) in [5.74, 6) is -1.82. The number of aromatic nitrogens is 1. The molecule has 0 fully saturated rings. The van der Waals surface area contributed by atoms with Gasteiger partial charge in [-0.3, -0.25) is 4.79 Å². The molecule has 5 rings (SSSR count). The second-order valence-corrected chi connectivity index (χ2v) is 12.6. The molecule has 0 unspecified atom stereocenters. The van der Waals surface area contributed by atoms with Gasteiger partial charge in [0.1, 0.15) is 17.3 Å². The maximum absolute atomic E-state index is 13.8. The first-order chi connectivity index (χ1) is 17.7. The van der Waals surface area contributed by atoms with E-state index >= 15 is 0 Å². The Morgan fingerprint density at radius 3 is 2.26 bits per heavy atom. The summed E-state index contributed by atoms with van der Waals surface area (Å²) >= 11 is 1.47. The predicted octanol–water partition coefficient (Wildman–Crippen LogP) is 8.96. The van der Waals surface area contributed by atoms with Crippen molar-refractivity contribution in [2.45, 2.75) is 54.1 Å². The van der Waals surface area contributed by atoms with E-state index in [-0.39, 0.29) is 11.0 Å². The van der Waals surface area contributed by atoms with Crippen molar-refractivity contribution in [2.75, 3.05) is 0 Å². The lowest BCUT2D eigenvalue weighted by molar-refractivity contribution is -0.659. The molecule has 0 aliphatic carbocycles. The van der Waals surface area contributed by atoms with Crippen molar-refractivity contribution < 1.29 is 22.5 Å². The van der Waals surface area contributed by atoms with Crippen molar-refractivity contribution in [2.24, 2.45) is 12.5 Å². The third kappa shape index (κ3) is 4.49. The standard InChI is InChI=1S/C32H31F3NOS/c1-17-12-18(2)19(3)24(13-17)27-29-26(25(16-36(27)7)30(37)32(33,34)35)23-11-9-21-14-20(15-31(4,5)6)8-10-22(21)28(23)38-29/h8-14,16H,15H2,1-7H3/q+1. The van der Waals surface area contributed by atoms with Crippen LogP contribution in [-0.2, 0) is 13.5 Å². The van der Waals surface area contributed by atoms with Gasteiger partial charge in [0.05, 0.1) is 5.56 Å². The molecule has 38 heavy (non-hydrogen) atoms. The Hall–Kier alpha value is -3.25. The molecule has 0 amide bonds. The number of pyridine rings is 1. The molecule has 0 saturated heterocycles. The van der Waals surface area contributed by atoms with E-state index in [0.29, 0.717) is 15.5 Å². The monoisotopic (exact) mass is 534 g/mol. The highest BCUT2D eigenvalue weighted by atomic mass is 32.1. The number of carbonyl (C=O) groups excluding carboxylic acids is 1. The van der Waals surface area contributed by atoms with E-state index in [0.717, 1.165) is 49.8 Å². The molecule has 0 N–H and O–H groups in total. The van der Waals surface area contributed by atoms with Crippen LogP contribution in [0, 0.1) is 26.2 Å². The zero-order chi connectivity index (χ0) is 27.7. The van der Waals surface area contributed by atoms with Crippen molar-refractivity contribution in [3.05, 3.63) is 76.5 Å². The molecular formula is C32H31F3NOS+. The van der Waals surface area contributed by atoms with Gasteiger partial charge in [0.15, 0.2) is 6.20 Å². The van der Waals surface area contributed by atoms with Gasteiger partial charge in [-0.2, -0.15) is 17.7 Å². The summed E-state index contributed by atoms with van der Waals surface area (Å²) in [6.45, 7) is 12.7. The van der Waals surface area contributed by atoms with E-state index in [4.69, 9.17) is 0 Å². The lowest BCUT2D eigenvalue weighted by Crippen LogP contribution is -2.34. The van der Waals surface area contributed by atoms with Crippen molar-refractivity contribution >= 4 is 48.1 Å². The number of hydrogen-bond acceptors (Lipinski definition) is 2. The van der Waals surface area contributed by atoms with Crippen molar-refractivity contribution in [3.8, 4) is 11.3 Å². The highest BCUT2D eigenvalue weighted by Gasteiger charge is 2.43. The minimum Gasteiger partial charge on any atom is -0.284 e. The molecular weight excluding hydrogens is 503 g/mol. The number of carbonyl (C=O) groups is 1. The molecule has 0 spiro atoms. The number of aryl methyl sites for hydroxylation is 3. The predicted molar refractivity (Wildman–Crippen MR) is 151 cm³/mol. The molecule has 0 saturated carbocycles. The minimum absolute atomic E-state index is 0.135.